The molecule has 1 aromatic carbocycles. The highest BCUT2D eigenvalue weighted by molar-refractivity contribution is 6.05. The van der Waals surface area contributed by atoms with E-state index in [0.29, 0.717) is 0 Å². The fraction of sp³-hybridized carbons (Fsp3) is 0.591. The van der Waals surface area contributed by atoms with Crippen molar-refractivity contribution in [3.8, 4) is 0 Å². The van der Waals surface area contributed by atoms with Crippen molar-refractivity contribution in [1.82, 2.24) is 4.90 Å². The molecule has 1 saturated carbocycles. The van der Waals surface area contributed by atoms with Gasteiger partial charge in [0.1, 0.15) is 0 Å². The summed E-state index contributed by atoms with van der Waals surface area (Å²) in [6.07, 6.45) is 7.38. The number of benzene rings is 1. The Balaban J connectivity index is 1.36. The van der Waals surface area contributed by atoms with E-state index >= 15 is 0 Å². The predicted molar refractivity (Wildman–Crippen MR) is 108 cm³/mol. The zero-order chi connectivity index (χ0) is 19.5. The number of hydrogen-bond acceptors (Lipinski definition) is 4. The number of amides is 3. The zero-order valence-electron chi connectivity index (χ0n) is 16.4. The first kappa shape index (κ1) is 19.0. The van der Waals surface area contributed by atoms with Crippen LogP contribution in [0.3, 0.4) is 0 Å². The number of likely N-dealkylation sites (tertiary alicyclic amines) is 1. The first-order valence-electron chi connectivity index (χ1n) is 10.6. The molecule has 0 aromatic heterocycles. The lowest BCUT2D eigenvalue weighted by Gasteiger charge is -2.30. The normalized spacial score (nSPS) is 25.0. The summed E-state index contributed by atoms with van der Waals surface area (Å²) >= 11 is 0. The number of nitrogens with zero attached hydrogens (tertiary/aromatic N) is 2. The van der Waals surface area contributed by atoms with E-state index < -0.39 is 0 Å². The number of piperidine rings is 1. The van der Waals surface area contributed by atoms with Crippen LogP contribution in [-0.2, 0) is 14.4 Å². The maximum Gasteiger partial charge on any atom is 0.233 e. The van der Waals surface area contributed by atoms with Gasteiger partial charge in [-0.15, -0.1) is 0 Å². The molecule has 6 heteroatoms. The van der Waals surface area contributed by atoms with E-state index in [2.05, 4.69) is 10.2 Å². The van der Waals surface area contributed by atoms with Crippen molar-refractivity contribution in [2.24, 2.45) is 11.8 Å². The molecule has 28 heavy (non-hydrogen) atoms. The highest BCUT2D eigenvalue weighted by Crippen LogP contribution is 2.38. The van der Waals surface area contributed by atoms with Crippen LogP contribution in [0.1, 0.15) is 51.4 Å². The average molecular weight is 383 g/mol. The second kappa shape index (κ2) is 8.33. The van der Waals surface area contributed by atoms with Gasteiger partial charge in [-0.2, -0.15) is 0 Å². The maximum absolute atomic E-state index is 12.6. The lowest BCUT2D eigenvalue weighted by atomic mass is 9.81. The quantitative estimate of drug-likeness (QED) is 0.793. The third kappa shape index (κ3) is 3.77. The summed E-state index contributed by atoms with van der Waals surface area (Å²) in [4.78, 5) is 41.3. The molecule has 0 radical (unpaired) electrons. The number of imide groups is 1. The molecule has 0 bridgehead atoms. The SMILES string of the molecule is O=C(CCN1C(=O)[C@H]2CCCC[C@H]2C1=O)Nc1ccccc1N1CCCCC1. The molecule has 2 atom stereocenters. The second-order valence-electron chi connectivity index (χ2n) is 8.19. The van der Waals surface area contributed by atoms with Gasteiger partial charge in [0, 0.05) is 26.1 Å². The van der Waals surface area contributed by atoms with Crippen LogP contribution in [-0.4, -0.2) is 42.3 Å². The van der Waals surface area contributed by atoms with Crippen molar-refractivity contribution < 1.29 is 14.4 Å². The number of fused-ring (bicyclic) bond motifs is 1. The molecule has 3 fully saturated rings. The Morgan fingerprint density at radius 1 is 0.929 bits per heavy atom. The Hall–Kier alpha value is -2.37. The number of para-hydroxylation sites is 2. The molecule has 3 amide bonds. The van der Waals surface area contributed by atoms with E-state index in [1.165, 1.54) is 24.2 Å². The van der Waals surface area contributed by atoms with Crippen LogP contribution in [0.25, 0.3) is 0 Å². The van der Waals surface area contributed by atoms with Gasteiger partial charge in [0.25, 0.3) is 0 Å². The fourth-order valence-corrected chi connectivity index (χ4v) is 4.87. The number of carbonyl (C=O) groups excluding carboxylic acids is 3. The Labute approximate surface area is 166 Å². The van der Waals surface area contributed by atoms with Gasteiger partial charge in [-0.3, -0.25) is 19.3 Å². The minimum absolute atomic E-state index is 0.0729. The van der Waals surface area contributed by atoms with Gasteiger partial charge in [-0.25, -0.2) is 0 Å². The summed E-state index contributed by atoms with van der Waals surface area (Å²) in [5.74, 6) is -0.597. The van der Waals surface area contributed by atoms with E-state index in [-0.39, 0.29) is 42.5 Å². The molecular formula is C22H29N3O3. The molecule has 2 saturated heterocycles. The van der Waals surface area contributed by atoms with Gasteiger partial charge in [-0.05, 0) is 44.2 Å². The molecule has 4 rings (SSSR count). The van der Waals surface area contributed by atoms with E-state index in [1.807, 2.05) is 24.3 Å². The molecule has 0 unspecified atom stereocenters. The van der Waals surface area contributed by atoms with Gasteiger partial charge < -0.3 is 10.2 Å². The van der Waals surface area contributed by atoms with Crippen molar-refractivity contribution in [3.05, 3.63) is 24.3 Å². The monoisotopic (exact) mass is 383 g/mol. The first-order valence-corrected chi connectivity index (χ1v) is 10.6. The third-order valence-corrected chi connectivity index (χ3v) is 6.37. The standard InChI is InChI=1S/C22H29N3O3/c26-20(12-15-25-21(27)16-8-2-3-9-17(16)22(25)28)23-18-10-4-5-11-19(18)24-13-6-1-7-14-24/h4-5,10-11,16-17H,1-3,6-9,12-15H2,(H,23,26)/t16-,17+. The Morgan fingerprint density at radius 3 is 2.25 bits per heavy atom. The topological polar surface area (TPSA) is 69.7 Å². The molecule has 0 spiro atoms. The molecular weight excluding hydrogens is 354 g/mol. The highest BCUT2D eigenvalue weighted by atomic mass is 16.2. The number of nitrogens with one attached hydrogen (secondary N) is 1. The zero-order valence-corrected chi connectivity index (χ0v) is 16.4. The van der Waals surface area contributed by atoms with Gasteiger partial charge in [0.15, 0.2) is 0 Å². The molecule has 3 aliphatic rings. The van der Waals surface area contributed by atoms with E-state index in [9.17, 15) is 14.4 Å². The van der Waals surface area contributed by atoms with Crippen LogP contribution < -0.4 is 10.2 Å². The molecule has 1 N–H and O–H groups in total. The van der Waals surface area contributed by atoms with Crippen molar-refractivity contribution in [1.29, 1.82) is 0 Å². The molecule has 6 nitrogen and oxygen atoms in total. The van der Waals surface area contributed by atoms with Crippen LogP contribution in [0.5, 0.6) is 0 Å². The van der Waals surface area contributed by atoms with Gasteiger partial charge >= 0.3 is 0 Å². The average Bonchev–Trinajstić information content (AvgIpc) is 2.98. The van der Waals surface area contributed by atoms with Crippen LogP contribution in [0.4, 0.5) is 11.4 Å². The van der Waals surface area contributed by atoms with Crippen LogP contribution in [0.2, 0.25) is 0 Å². The minimum atomic E-state index is -0.153. The van der Waals surface area contributed by atoms with E-state index in [1.54, 1.807) is 0 Å². The summed E-state index contributed by atoms with van der Waals surface area (Å²) in [7, 11) is 0. The lowest BCUT2D eigenvalue weighted by molar-refractivity contribution is -0.140. The molecule has 2 heterocycles. The largest absolute Gasteiger partial charge is 0.370 e. The Kier molecular flexibility index (Phi) is 5.64. The van der Waals surface area contributed by atoms with Crippen LogP contribution in [0, 0.1) is 11.8 Å². The van der Waals surface area contributed by atoms with Crippen molar-refractivity contribution >= 4 is 29.1 Å². The molecule has 1 aliphatic carbocycles. The van der Waals surface area contributed by atoms with Crippen LogP contribution in [0.15, 0.2) is 24.3 Å². The molecule has 2 aliphatic heterocycles. The number of carbonyl (C=O) groups is 3. The summed E-state index contributed by atoms with van der Waals surface area (Å²) in [6.45, 7) is 2.20. The van der Waals surface area contributed by atoms with Crippen molar-refractivity contribution in [2.45, 2.75) is 51.4 Å². The predicted octanol–water partition coefficient (Wildman–Crippen LogP) is 3.18. The summed E-state index contributed by atoms with van der Waals surface area (Å²) in [6, 6.07) is 7.87. The smallest absolute Gasteiger partial charge is 0.233 e. The van der Waals surface area contributed by atoms with E-state index in [0.717, 1.165) is 50.1 Å². The Bertz CT molecular complexity index is 733. The van der Waals surface area contributed by atoms with Gasteiger partial charge in [-0.1, -0.05) is 25.0 Å². The van der Waals surface area contributed by atoms with Crippen LogP contribution >= 0.6 is 0 Å². The van der Waals surface area contributed by atoms with E-state index in [4.69, 9.17) is 0 Å². The minimum Gasteiger partial charge on any atom is -0.370 e. The first-order chi connectivity index (χ1) is 13.6. The summed E-state index contributed by atoms with van der Waals surface area (Å²) in [5, 5.41) is 2.99. The summed E-state index contributed by atoms with van der Waals surface area (Å²) in [5.41, 5.74) is 1.86. The second-order valence-corrected chi connectivity index (χ2v) is 8.19. The fourth-order valence-electron chi connectivity index (χ4n) is 4.87. The molecule has 1 aromatic rings. The Morgan fingerprint density at radius 2 is 1.57 bits per heavy atom. The third-order valence-electron chi connectivity index (χ3n) is 6.37. The van der Waals surface area contributed by atoms with Crippen molar-refractivity contribution in [2.75, 3.05) is 29.9 Å². The number of rotatable bonds is 5. The highest BCUT2D eigenvalue weighted by Gasteiger charge is 2.47. The van der Waals surface area contributed by atoms with Crippen molar-refractivity contribution in [3.63, 3.8) is 0 Å². The van der Waals surface area contributed by atoms with Gasteiger partial charge in [0.2, 0.25) is 17.7 Å². The molecule has 150 valence electrons. The van der Waals surface area contributed by atoms with Gasteiger partial charge in [0.05, 0.1) is 23.2 Å². The number of anilines is 2. The lowest BCUT2D eigenvalue weighted by Crippen LogP contribution is -2.34. The summed E-state index contributed by atoms with van der Waals surface area (Å²) < 4.78 is 0. The maximum atomic E-state index is 12.6. The number of hydrogen-bond donors (Lipinski definition) is 1.